The second kappa shape index (κ2) is 10.1. The maximum atomic E-state index is 13.2. The maximum absolute atomic E-state index is 13.2. The van der Waals surface area contributed by atoms with Gasteiger partial charge in [-0.25, -0.2) is 4.98 Å². The van der Waals surface area contributed by atoms with Gasteiger partial charge >= 0.3 is 5.91 Å². The molecule has 3 heterocycles. The van der Waals surface area contributed by atoms with E-state index >= 15 is 0 Å². The van der Waals surface area contributed by atoms with Gasteiger partial charge in [-0.2, -0.15) is 0 Å². The van der Waals surface area contributed by atoms with Gasteiger partial charge in [-0.15, -0.1) is 0 Å². The molecule has 1 fully saturated rings. The third kappa shape index (κ3) is 4.87. The van der Waals surface area contributed by atoms with Gasteiger partial charge in [-0.3, -0.25) is 24.3 Å². The van der Waals surface area contributed by atoms with Crippen molar-refractivity contribution >= 4 is 50.1 Å². The minimum atomic E-state index is -0.833. The minimum absolute atomic E-state index is 0.0421. The second-order valence-corrected chi connectivity index (χ2v) is 9.31. The molecule has 4 aromatic rings. The average molecular weight is 502 g/mol. The van der Waals surface area contributed by atoms with Gasteiger partial charge in [-0.05, 0) is 49.2 Å². The van der Waals surface area contributed by atoms with E-state index in [4.69, 9.17) is 9.90 Å². The molecule has 8 nitrogen and oxygen atoms in total. The zero-order valence-corrected chi connectivity index (χ0v) is 20.6. The Morgan fingerprint density at radius 2 is 1.56 bits per heavy atom. The number of nitrogens with zero attached hydrogens (tertiary/aromatic N) is 3. The number of carboxylic acid groups (broad SMARTS) is 1. The van der Waals surface area contributed by atoms with Crippen LogP contribution in [0.4, 0.5) is 5.13 Å². The topological polar surface area (TPSA) is 121 Å². The highest BCUT2D eigenvalue weighted by atomic mass is 32.1. The summed E-state index contributed by atoms with van der Waals surface area (Å²) in [5, 5.41) is 19.0. The van der Waals surface area contributed by atoms with Gasteiger partial charge in [0, 0.05) is 24.9 Å². The van der Waals surface area contributed by atoms with Crippen LogP contribution in [0.3, 0.4) is 0 Å². The number of hydrogen-bond donors (Lipinski definition) is 2. The van der Waals surface area contributed by atoms with Crippen molar-refractivity contribution in [3.05, 3.63) is 94.8 Å². The number of aliphatic hydroxyl groups excluding tert-OH is 1. The standard InChI is InChI=1S/C25H19N3O3S.C2H4O2/c1-14-3-6-17(7-4-14)22(29)20-21(16-9-11-26-12-10-16)28(24(31)23(20)30)25-27-18-8-5-15(2)13-19(18)32-25;1-2(3)4/h3-13,21,29H,1-2H3;1H3,(H,3,4). The van der Waals surface area contributed by atoms with Gasteiger partial charge in [0.15, 0.2) is 5.13 Å². The number of amides is 1. The molecule has 182 valence electrons. The molecule has 0 saturated carbocycles. The predicted molar refractivity (Wildman–Crippen MR) is 138 cm³/mol. The summed E-state index contributed by atoms with van der Waals surface area (Å²) in [6, 6.07) is 15.7. The Morgan fingerprint density at radius 3 is 2.19 bits per heavy atom. The molecule has 0 bridgehead atoms. The molecule has 0 aliphatic carbocycles. The van der Waals surface area contributed by atoms with Gasteiger partial charge < -0.3 is 10.2 Å². The number of carboxylic acids is 1. The van der Waals surface area contributed by atoms with Crippen LogP contribution in [0.5, 0.6) is 0 Å². The average Bonchev–Trinajstić information content (AvgIpc) is 3.37. The van der Waals surface area contributed by atoms with Crippen LogP contribution in [0, 0.1) is 13.8 Å². The number of Topliss-reactive ketones (excluding diaryl/α,β-unsaturated/α-hetero) is 1. The number of anilines is 1. The van der Waals surface area contributed by atoms with E-state index in [-0.39, 0.29) is 11.3 Å². The maximum Gasteiger partial charge on any atom is 0.301 e. The molecule has 1 unspecified atom stereocenters. The van der Waals surface area contributed by atoms with Gasteiger partial charge in [0.05, 0.1) is 21.8 Å². The number of aryl methyl sites for hydroxylation is 2. The summed E-state index contributed by atoms with van der Waals surface area (Å²) in [5.74, 6) is -2.49. The van der Waals surface area contributed by atoms with Crippen molar-refractivity contribution in [3.63, 3.8) is 0 Å². The molecular weight excluding hydrogens is 478 g/mol. The Bertz CT molecular complexity index is 1490. The molecule has 1 aliphatic heterocycles. The highest BCUT2D eigenvalue weighted by molar-refractivity contribution is 7.22. The third-order valence-electron chi connectivity index (χ3n) is 5.53. The van der Waals surface area contributed by atoms with Gasteiger partial charge in [0.2, 0.25) is 0 Å². The molecule has 0 radical (unpaired) electrons. The van der Waals surface area contributed by atoms with Crippen LogP contribution in [0.15, 0.2) is 72.6 Å². The van der Waals surface area contributed by atoms with Crippen molar-refractivity contribution in [1.29, 1.82) is 0 Å². The number of aliphatic carboxylic acids is 1. The fourth-order valence-electron chi connectivity index (χ4n) is 3.88. The van der Waals surface area contributed by atoms with Crippen molar-refractivity contribution in [1.82, 2.24) is 9.97 Å². The van der Waals surface area contributed by atoms with Crippen molar-refractivity contribution in [2.45, 2.75) is 26.8 Å². The molecule has 1 aliphatic rings. The monoisotopic (exact) mass is 501 g/mol. The van der Waals surface area contributed by atoms with Crippen molar-refractivity contribution in [3.8, 4) is 0 Å². The van der Waals surface area contributed by atoms with E-state index in [1.54, 1.807) is 36.7 Å². The molecule has 1 saturated heterocycles. The molecule has 2 N–H and O–H groups in total. The number of rotatable bonds is 3. The lowest BCUT2D eigenvalue weighted by atomic mass is 9.96. The fraction of sp³-hybridized carbons (Fsp3) is 0.148. The summed E-state index contributed by atoms with van der Waals surface area (Å²) < 4.78 is 0.925. The minimum Gasteiger partial charge on any atom is -0.507 e. The number of aromatic nitrogens is 2. The third-order valence-corrected chi connectivity index (χ3v) is 6.55. The Balaban J connectivity index is 0.000000709. The number of pyridine rings is 1. The van der Waals surface area contributed by atoms with Crippen LogP contribution in [-0.2, 0) is 14.4 Å². The van der Waals surface area contributed by atoms with E-state index in [2.05, 4.69) is 9.97 Å². The van der Waals surface area contributed by atoms with E-state index in [9.17, 15) is 14.7 Å². The van der Waals surface area contributed by atoms with E-state index < -0.39 is 23.7 Å². The lowest BCUT2D eigenvalue weighted by Crippen LogP contribution is -2.29. The first-order valence-electron chi connectivity index (χ1n) is 11.0. The van der Waals surface area contributed by atoms with Crippen LogP contribution >= 0.6 is 11.3 Å². The lowest BCUT2D eigenvalue weighted by Gasteiger charge is -2.22. The summed E-state index contributed by atoms with van der Waals surface area (Å²) >= 11 is 1.35. The smallest absolute Gasteiger partial charge is 0.301 e. The van der Waals surface area contributed by atoms with Crippen LogP contribution < -0.4 is 4.90 Å². The fourth-order valence-corrected chi connectivity index (χ4v) is 4.97. The first kappa shape index (κ1) is 24.7. The van der Waals surface area contributed by atoms with E-state index in [1.165, 1.54) is 16.2 Å². The summed E-state index contributed by atoms with van der Waals surface area (Å²) in [6.07, 6.45) is 3.20. The quantitative estimate of drug-likeness (QED) is 0.230. The van der Waals surface area contributed by atoms with Crippen LogP contribution in [-0.4, -0.2) is 37.8 Å². The molecule has 0 spiro atoms. The summed E-state index contributed by atoms with van der Waals surface area (Å²) in [7, 11) is 0. The number of thiazole rings is 1. The van der Waals surface area contributed by atoms with Crippen LogP contribution in [0.1, 0.15) is 35.2 Å². The normalized spacial score (nSPS) is 16.6. The lowest BCUT2D eigenvalue weighted by molar-refractivity contribution is -0.134. The zero-order chi connectivity index (χ0) is 26.0. The van der Waals surface area contributed by atoms with Crippen molar-refractivity contribution in [2.24, 2.45) is 0 Å². The highest BCUT2D eigenvalue weighted by Gasteiger charge is 2.48. The largest absolute Gasteiger partial charge is 0.507 e. The summed E-state index contributed by atoms with van der Waals surface area (Å²) in [4.78, 5) is 45.5. The molecule has 2 aromatic heterocycles. The van der Waals surface area contributed by atoms with Gasteiger partial charge in [0.1, 0.15) is 5.76 Å². The number of carbonyl (C=O) groups excluding carboxylic acids is 2. The Morgan fingerprint density at radius 1 is 0.944 bits per heavy atom. The molecular formula is C27H23N3O5S. The first-order chi connectivity index (χ1) is 17.2. The van der Waals surface area contributed by atoms with Crippen LogP contribution in [0.25, 0.3) is 16.0 Å². The number of fused-ring (bicyclic) bond motifs is 1. The molecule has 36 heavy (non-hydrogen) atoms. The molecule has 1 atom stereocenters. The second-order valence-electron chi connectivity index (χ2n) is 8.30. The number of carbonyl (C=O) groups is 3. The Kier molecular flexibility index (Phi) is 6.93. The van der Waals surface area contributed by atoms with E-state index in [0.29, 0.717) is 16.3 Å². The van der Waals surface area contributed by atoms with Crippen molar-refractivity contribution in [2.75, 3.05) is 4.90 Å². The SMILES string of the molecule is CC(=O)O.Cc1ccc(C(O)=C2C(=O)C(=O)N(c3nc4ccc(C)cc4s3)C2c2ccncc2)cc1. The number of aliphatic hydroxyl groups is 1. The number of benzene rings is 2. The van der Waals surface area contributed by atoms with Gasteiger partial charge in [-0.1, -0.05) is 47.2 Å². The van der Waals surface area contributed by atoms with E-state index in [0.717, 1.165) is 28.3 Å². The van der Waals surface area contributed by atoms with Gasteiger partial charge in [0.25, 0.3) is 11.8 Å². The highest BCUT2D eigenvalue weighted by Crippen LogP contribution is 2.44. The Hall–Kier alpha value is -4.37. The number of ketones is 1. The summed E-state index contributed by atoms with van der Waals surface area (Å²) in [6.45, 7) is 5.01. The van der Waals surface area contributed by atoms with Crippen molar-refractivity contribution < 1.29 is 24.6 Å². The molecule has 2 aromatic carbocycles. The number of hydrogen-bond acceptors (Lipinski definition) is 7. The summed E-state index contributed by atoms with van der Waals surface area (Å²) in [5.41, 5.74) is 4.05. The molecule has 9 heteroatoms. The zero-order valence-electron chi connectivity index (χ0n) is 19.8. The van der Waals surface area contributed by atoms with Crippen LogP contribution in [0.2, 0.25) is 0 Å². The first-order valence-corrected chi connectivity index (χ1v) is 11.8. The predicted octanol–water partition coefficient (Wildman–Crippen LogP) is 5.03. The van der Waals surface area contributed by atoms with E-state index in [1.807, 2.05) is 44.2 Å². The molecule has 5 rings (SSSR count). The molecule has 1 amide bonds. The Labute approximate surface area is 211 Å².